The van der Waals surface area contributed by atoms with Crippen LogP contribution in [-0.4, -0.2) is 47.4 Å². The minimum Gasteiger partial charge on any atom is -0.454 e. The first kappa shape index (κ1) is 17.9. The Kier molecular flexibility index (Phi) is 5.02. The maximum Gasteiger partial charge on any atom is 0.326 e. The number of carbonyl (C=O) groups is 4. The number of imide groups is 1. The average Bonchev–Trinajstić information content (AvgIpc) is 2.75. The predicted molar refractivity (Wildman–Crippen MR) is 85.1 cm³/mol. The van der Waals surface area contributed by atoms with Crippen LogP contribution in [0.15, 0.2) is 24.3 Å². The summed E-state index contributed by atoms with van der Waals surface area (Å²) in [6.45, 7) is 1.83. The molecule has 2 rings (SSSR count). The van der Waals surface area contributed by atoms with Gasteiger partial charge in [0.15, 0.2) is 6.61 Å². The Labute approximate surface area is 143 Å². The summed E-state index contributed by atoms with van der Waals surface area (Å²) < 4.78 is 4.77. The van der Waals surface area contributed by atoms with Gasteiger partial charge in [-0.1, -0.05) is 12.1 Å². The lowest BCUT2D eigenvalue weighted by Crippen LogP contribution is -2.41. The minimum atomic E-state index is -1.09. The fourth-order valence-electron chi connectivity index (χ4n) is 2.16. The molecule has 0 aromatic heterocycles. The van der Waals surface area contributed by atoms with E-state index in [1.165, 1.54) is 26.0 Å². The van der Waals surface area contributed by atoms with Gasteiger partial charge in [0, 0.05) is 0 Å². The van der Waals surface area contributed by atoms with Crippen molar-refractivity contribution in [3.8, 4) is 6.07 Å². The van der Waals surface area contributed by atoms with E-state index in [-0.39, 0.29) is 5.56 Å². The fraction of sp³-hybridized carbons (Fsp3) is 0.312. The van der Waals surface area contributed by atoms with Crippen molar-refractivity contribution in [3.05, 3.63) is 29.8 Å². The lowest BCUT2D eigenvalue weighted by molar-refractivity contribution is -0.150. The molecule has 130 valence electrons. The molecule has 0 bridgehead atoms. The summed E-state index contributed by atoms with van der Waals surface area (Å²) in [5.74, 6) is -2.10. The number of rotatable bonds is 5. The molecule has 1 aliphatic rings. The van der Waals surface area contributed by atoms with Gasteiger partial charge in [0.05, 0.1) is 11.3 Å². The van der Waals surface area contributed by atoms with Crippen LogP contribution in [0.1, 0.15) is 19.4 Å². The molecule has 0 spiro atoms. The molecule has 1 fully saturated rings. The van der Waals surface area contributed by atoms with Crippen LogP contribution in [0.5, 0.6) is 0 Å². The Balaban J connectivity index is 1.86. The predicted octanol–water partition coefficient (Wildman–Crippen LogP) is 0.370. The fourth-order valence-corrected chi connectivity index (χ4v) is 2.16. The number of esters is 1. The van der Waals surface area contributed by atoms with Crippen molar-refractivity contribution in [3.63, 3.8) is 0 Å². The third-order valence-corrected chi connectivity index (χ3v) is 3.42. The number of carbonyl (C=O) groups excluding carboxylic acids is 4. The number of nitrogens with zero attached hydrogens (tertiary/aromatic N) is 2. The molecular formula is C16H16N4O5. The van der Waals surface area contributed by atoms with E-state index in [2.05, 4.69) is 10.6 Å². The molecule has 1 heterocycles. The molecule has 0 saturated carbocycles. The minimum absolute atomic E-state index is 0.267. The van der Waals surface area contributed by atoms with Crippen molar-refractivity contribution < 1.29 is 23.9 Å². The van der Waals surface area contributed by atoms with Gasteiger partial charge in [-0.2, -0.15) is 5.26 Å². The van der Waals surface area contributed by atoms with Crippen molar-refractivity contribution in [1.29, 1.82) is 5.26 Å². The van der Waals surface area contributed by atoms with E-state index in [4.69, 9.17) is 10.00 Å². The smallest absolute Gasteiger partial charge is 0.326 e. The molecule has 1 aromatic rings. The summed E-state index contributed by atoms with van der Waals surface area (Å²) >= 11 is 0. The van der Waals surface area contributed by atoms with Crippen molar-refractivity contribution in [2.45, 2.75) is 19.4 Å². The SMILES string of the molecule is CC1(C)NC(=O)N(CC(=O)OCC(=O)Nc2ccccc2C#N)C1=O. The summed E-state index contributed by atoms with van der Waals surface area (Å²) in [7, 11) is 0. The van der Waals surface area contributed by atoms with E-state index in [1.54, 1.807) is 12.1 Å². The first-order valence-electron chi connectivity index (χ1n) is 7.33. The first-order valence-corrected chi connectivity index (χ1v) is 7.33. The van der Waals surface area contributed by atoms with E-state index >= 15 is 0 Å². The zero-order valence-electron chi connectivity index (χ0n) is 13.7. The summed E-state index contributed by atoms with van der Waals surface area (Å²) in [6, 6.07) is 7.58. The van der Waals surface area contributed by atoms with Crippen LogP contribution < -0.4 is 10.6 Å². The molecule has 0 radical (unpaired) electrons. The van der Waals surface area contributed by atoms with Crippen LogP contribution in [0.4, 0.5) is 10.5 Å². The first-order chi connectivity index (χ1) is 11.7. The zero-order valence-corrected chi connectivity index (χ0v) is 13.7. The lowest BCUT2D eigenvalue weighted by Gasteiger charge is -2.15. The van der Waals surface area contributed by atoms with Crippen LogP contribution in [-0.2, 0) is 19.1 Å². The van der Waals surface area contributed by atoms with E-state index < -0.39 is 42.5 Å². The molecule has 1 aliphatic heterocycles. The molecule has 25 heavy (non-hydrogen) atoms. The molecule has 0 aliphatic carbocycles. The van der Waals surface area contributed by atoms with Crippen LogP contribution in [0.3, 0.4) is 0 Å². The molecule has 2 N–H and O–H groups in total. The number of ether oxygens (including phenoxy) is 1. The molecular weight excluding hydrogens is 328 g/mol. The summed E-state index contributed by atoms with van der Waals surface area (Å²) in [6.07, 6.45) is 0. The van der Waals surface area contributed by atoms with E-state index in [1.807, 2.05) is 6.07 Å². The number of nitrogens with one attached hydrogen (secondary N) is 2. The number of para-hydroxylation sites is 1. The second kappa shape index (κ2) is 7.00. The van der Waals surface area contributed by atoms with Gasteiger partial charge in [0.1, 0.15) is 18.2 Å². The Morgan fingerprint density at radius 1 is 1.32 bits per heavy atom. The Morgan fingerprint density at radius 3 is 2.60 bits per heavy atom. The number of benzene rings is 1. The van der Waals surface area contributed by atoms with Gasteiger partial charge >= 0.3 is 12.0 Å². The number of nitriles is 1. The van der Waals surface area contributed by atoms with Gasteiger partial charge in [0.2, 0.25) is 0 Å². The van der Waals surface area contributed by atoms with Gasteiger partial charge in [-0.15, -0.1) is 0 Å². The molecule has 1 saturated heterocycles. The maximum absolute atomic E-state index is 11.9. The van der Waals surface area contributed by atoms with Crippen molar-refractivity contribution in [1.82, 2.24) is 10.2 Å². The molecule has 0 unspecified atom stereocenters. The topological polar surface area (TPSA) is 129 Å². The average molecular weight is 344 g/mol. The highest BCUT2D eigenvalue weighted by molar-refractivity contribution is 6.08. The van der Waals surface area contributed by atoms with Gasteiger partial charge in [0.25, 0.3) is 11.8 Å². The van der Waals surface area contributed by atoms with E-state index in [9.17, 15) is 19.2 Å². The number of hydrogen-bond donors (Lipinski definition) is 2. The molecule has 0 atom stereocenters. The van der Waals surface area contributed by atoms with Gasteiger partial charge in [-0.25, -0.2) is 4.79 Å². The quantitative estimate of drug-likeness (QED) is 0.586. The zero-order chi connectivity index (χ0) is 18.6. The molecule has 1 aromatic carbocycles. The number of amides is 4. The van der Waals surface area contributed by atoms with Crippen LogP contribution >= 0.6 is 0 Å². The van der Waals surface area contributed by atoms with E-state index in [0.717, 1.165) is 4.90 Å². The summed E-state index contributed by atoms with van der Waals surface area (Å²) in [5, 5.41) is 13.8. The third-order valence-electron chi connectivity index (χ3n) is 3.42. The normalized spacial score (nSPS) is 15.3. The maximum atomic E-state index is 11.9. The monoisotopic (exact) mass is 344 g/mol. The van der Waals surface area contributed by atoms with Gasteiger partial charge in [-0.05, 0) is 26.0 Å². The van der Waals surface area contributed by atoms with Crippen molar-refractivity contribution in [2.24, 2.45) is 0 Å². The Hall–Kier alpha value is -3.41. The van der Waals surface area contributed by atoms with Gasteiger partial charge < -0.3 is 15.4 Å². The molecule has 9 heteroatoms. The Bertz CT molecular complexity index is 781. The lowest BCUT2D eigenvalue weighted by atomic mass is 10.1. The highest BCUT2D eigenvalue weighted by Crippen LogP contribution is 2.16. The van der Waals surface area contributed by atoms with Crippen LogP contribution in [0.25, 0.3) is 0 Å². The summed E-state index contributed by atoms with van der Waals surface area (Å²) in [5.41, 5.74) is -0.527. The van der Waals surface area contributed by atoms with Crippen molar-refractivity contribution in [2.75, 3.05) is 18.5 Å². The number of hydrogen-bond acceptors (Lipinski definition) is 6. The van der Waals surface area contributed by atoms with Gasteiger partial charge in [-0.3, -0.25) is 19.3 Å². The second-order valence-electron chi connectivity index (χ2n) is 5.81. The van der Waals surface area contributed by atoms with Crippen LogP contribution in [0, 0.1) is 11.3 Å². The molecule has 9 nitrogen and oxygen atoms in total. The molecule has 4 amide bonds. The standard InChI is InChI=1S/C16H16N4O5/c1-16(2)14(23)20(15(24)19-16)8-13(22)25-9-12(21)18-11-6-4-3-5-10(11)7-17/h3-6H,8-9H2,1-2H3,(H,18,21)(H,19,24). The second-order valence-corrected chi connectivity index (χ2v) is 5.81. The number of urea groups is 1. The largest absolute Gasteiger partial charge is 0.454 e. The summed E-state index contributed by atoms with van der Waals surface area (Å²) in [4.78, 5) is 47.9. The number of anilines is 1. The van der Waals surface area contributed by atoms with Crippen molar-refractivity contribution >= 4 is 29.5 Å². The highest BCUT2D eigenvalue weighted by Gasteiger charge is 2.45. The van der Waals surface area contributed by atoms with E-state index in [0.29, 0.717) is 5.69 Å². The Morgan fingerprint density at radius 2 is 2.00 bits per heavy atom. The van der Waals surface area contributed by atoms with Crippen LogP contribution in [0.2, 0.25) is 0 Å². The highest BCUT2D eigenvalue weighted by atomic mass is 16.5. The third kappa shape index (κ3) is 4.11.